The molecule has 0 aliphatic heterocycles. The lowest BCUT2D eigenvalue weighted by Crippen LogP contribution is -2.23. The van der Waals surface area contributed by atoms with Gasteiger partial charge < -0.3 is 10.8 Å². The number of hydrogen-bond donors (Lipinski definition) is 2. The summed E-state index contributed by atoms with van der Waals surface area (Å²) >= 11 is 0. The smallest absolute Gasteiger partial charge is 0.310 e. The number of aliphatic hydroxyl groups excluding tert-OH is 1. The molecular weight excluding hydrogens is 188 g/mol. The van der Waals surface area contributed by atoms with Gasteiger partial charge in [0, 0.05) is 20.0 Å². The third kappa shape index (κ3) is 2.06. The lowest BCUT2D eigenvalue weighted by molar-refractivity contribution is -0.385. The maximum atomic E-state index is 10.5. The van der Waals surface area contributed by atoms with E-state index in [1.54, 1.807) is 7.05 Å². The molecule has 0 amide bonds. The number of hydrogen-bond acceptors (Lipinski definition) is 5. The predicted molar refractivity (Wildman–Crippen MR) is 48.6 cm³/mol. The van der Waals surface area contributed by atoms with E-state index in [0.717, 1.165) is 0 Å². The molecule has 0 saturated carbocycles. The topological polar surface area (TPSA) is 107 Å². The number of aryl methyl sites for hydroxylation is 1. The highest BCUT2D eigenvalue weighted by atomic mass is 16.6. The fourth-order valence-electron chi connectivity index (χ4n) is 1.15. The highest BCUT2D eigenvalue weighted by molar-refractivity contribution is 5.33. The summed E-state index contributed by atoms with van der Waals surface area (Å²) < 4.78 is 1.37. The standard InChI is InChI=1S/C7H12N4O3/c1-10-6(2-5(12)3-8)7(4-9-10)11(13)14/h4-5,12H,2-3,8H2,1H3. The minimum atomic E-state index is -0.774. The van der Waals surface area contributed by atoms with E-state index in [2.05, 4.69) is 5.10 Å². The Labute approximate surface area is 80.3 Å². The minimum Gasteiger partial charge on any atom is -0.391 e. The predicted octanol–water partition coefficient (Wildman–Crippen LogP) is -0.810. The van der Waals surface area contributed by atoms with Gasteiger partial charge in [-0.15, -0.1) is 0 Å². The SMILES string of the molecule is Cn1ncc([N+](=O)[O-])c1CC(O)CN. The van der Waals surface area contributed by atoms with Crippen LogP contribution in [0.1, 0.15) is 5.69 Å². The number of nitrogens with zero attached hydrogens (tertiary/aromatic N) is 3. The Morgan fingerprint density at radius 3 is 3.00 bits per heavy atom. The van der Waals surface area contributed by atoms with Crippen molar-refractivity contribution in [2.24, 2.45) is 12.8 Å². The second-order valence-corrected chi connectivity index (χ2v) is 2.95. The number of rotatable bonds is 4. The van der Waals surface area contributed by atoms with Gasteiger partial charge in [-0.2, -0.15) is 5.10 Å². The molecule has 1 heterocycles. The van der Waals surface area contributed by atoms with Crippen LogP contribution in [0.3, 0.4) is 0 Å². The molecule has 3 N–H and O–H groups in total. The van der Waals surface area contributed by atoms with Crippen molar-refractivity contribution in [1.29, 1.82) is 0 Å². The van der Waals surface area contributed by atoms with Crippen LogP contribution >= 0.6 is 0 Å². The van der Waals surface area contributed by atoms with Crippen LogP contribution in [0.25, 0.3) is 0 Å². The molecule has 7 heteroatoms. The molecule has 0 aliphatic rings. The minimum absolute atomic E-state index is 0.0718. The fraction of sp³-hybridized carbons (Fsp3) is 0.571. The van der Waals surface area contributed by atoms with E-state index in [9.17, 15) is 15.2 Å². The average Bonchev–Trinajstić information content (AvgIpc) is 2.48. The molecular formula is C7H12N4O3. The van der Waals surface area contributed by atoms with Crippen LogP contribution in [-0.2, 0) is 13.5 Å². The summed E-state index contributed by atoms with van der Waals surface area (Å²) in [5.74, 6) is 0. The zero-order valence-electron chi connectivity index (χ0n) is 7.75. The Morgan fingerprint density at radius 2 is 2.50 bits per heavy atom. The van der Waals surface area contributed by atoms with Crippen LogP contribution < -0.4 is 5.73 Å². The third-order valence-electron chi connectivity index (χ3n) is 1.94. The van der Waals surface area contributed by atoms with Crippen LogP contribution in [0.2, 0.25) is 0 Å². The lowest BCUT2D eigenvalue weighted by atomic mass is 10.2. The molecule has 0 radical (unpaired) electrons. The summed E-state index contributed by atoms with van der Waals surface area (Å²) in [6.45, 7) is 0.0718. The zero-order chi connectivity index (χ0) is 10.7. The Balaban J connectivity index is 2.93. The highest BCUT2D eigenvalue weighted by Gasteiger charge is 2.20. The molecule has 0 aromatic carbocycles. The first-order valence-corrected chi connectivity index (χ1v) is 4.09. The van der Waals surface area contributed by atoms with Gasteiger partial charge in [0.1, 0.15) is 11.9 Å². The number of aliphatic hydroxyl groups is 1. The van der Waals surface area contributed by atoms with Crippen molar-refractivity contribution in [3.63, 3.8) is 0 Å². The molecule has 1 aromatic heterocycles. The molecule has 7 nitrogen and oxygen atoms in total. The van der Waals surface area contributed by atoms with Gasteiger partial charge in [-0.25, -0.2) is 0 Å². The first kappa shape index (κ1) is 10.6. The van der Waals surface area contributed by atoms with E-state index >= 15 is 0 Å². The van der Waals surface area contributed by atoms with Crippen LogP contribution in [0.4, 0.5) is 5.69 Å². The van der Waals surface area contributed by atoms with Crippen molar-refractivity contribution in [3.05, 3.63) is 22.0 Å². The first-order valence-electron chi connectivity index (χ1n) is 4.09. The third-order valence-corrected chi connectivity index (χ3v) is 1.94. The van der Waals surface area contributed by atoms with Crippen molar-refractivity contribution in [2.75, 3.05) is 6.54 Å². The Bertz CT molecular complexity index is 336. The van der Waals surface area contributed by atoms with E-state index in [-0.39, 0.29) is 18.7 Å². The van der Waals surface area contributed by atoms with Gasteiger partial charge in [0.15, 0.2) is 0 Å². The molecule has 14 heavy (non-hydrogen) atoms. The van der Waals surface area contributed by atoms with Crippen LogP contribution in [0, 0.1) is 10.1 Å². The van der Waals surface area contributed by atoms with Crippen molar-refractivity contribution in [2.45, 2.75) is 12.5 Å². The normalized spacial score (nSPS) is 12.8. The summed E-state index contributed by atoms with van der Waals surface area (Å²) in [5, 5.41) is 23.6. The largest absolute Gasteiger partial charge is 0.391 e. The molecule has 1 aromatic rings. The average molecular weight is 200 g/mol. The van der Waals surface area contributed by atoms with Crippen LogP contribution in [-0.4, -0.2) is 32.5 Å². The molecule has 0 spiro atoms. The maximum absolute atomic E-state index is 10.5. The second-order valence-electron chi connectivity index (χ2n) is 2.95. The Kier molecular flexibility index (Phi) is 3.15. The number of nitrogens with two attached hydrogens (primary N) is 1. The quantitative estimate of drug-likeness (QED) is 0.488. The molecule has 0 bridgehead atoms. The van der Waals surface area contributed by atoms with E-state index in [1.165, 1.54) is 10.9 Å². The molecule has 78 valence electrons. The van der Waals surface area contributed by atoms with Crippen LogP contribution in [0.15, 0.2) is 6.20 Å². The van der Waals surface area contributed by atoms with Gasteiger partial charge in [0.25, 0.3) is 0 Å². The summed E-state index contributed by atoms with van der Waals surface area (Å²) in [6, 6.07) is 0. The summed E-state index contributed by atoms with van der Waals surface area (Å²) in [5.41, 5.74) is 5.51. The number of nitro groups is 1. The first-order chi connectivity index (χ1) is 6.56. The van der Waals surface area contributed by atoms with E-state index in [0.29, 0.717) is 5.69 Å². The van der Waals surface area contributed by atoms with E-state index in [4.69, 9.17) is 5.73 Å². The molecule has 1 rings (SSSR count). The molecule has 0 saturated heterocycles. The fourth-order valence-corrected chi connectivity index (χ4v) is 1.15. The van der Waals surface area contributed by atoms with Gasteiger partial charge in [-0.3, -0.25) is 14.8 Å². The van der Waals surface area contributed by atoms with Gasteiger partial charge in [0.2, 0.25) is 0 Å². The zero-order valence-corrected chi connectivity index (χ0v) is 7.75. The van der Waals surface area contributed by atoms with Gasteiger partial charge in [0.05, 0.1) is 11.0 Å². The van der Waals surface area contributed by atoms with Crippen molar-refractivity contribution < 1.29 is 10.0 Å². The van der Waals surface area contributed by atoms with Gasteiger partial charge in [-0.05, 0) is 0 Å². The van der Waals surface area contributed by atoms with Gasteiger partial charge >= 0.3 is 5.69 Å². The Morgan fingerprint density at radius 1 is 1.86 bits per heavy atom. The van der Waals surface area contributed by atoms with Gasteiger partial charge in [-0.1, -0.05) is 0 Å². The molecule has 0 aliphatic carbocycles. The molecule has 1 atom stereocenters. The van der Waals surface area contributed by atoms with Crippen molar-refractivity contribution >= 4 is 5.69 Å². The van der Waals surface area contributed by atoms with Crippen molar-refractivity contribution in [3.8, 4) is 0 Å². The van der Waals surface area contributed by atoms with Crippen LogP contribution in [0.5, 0.6) is 0 Å². The monoisotopic (exact) mass is 200 g/mol. The molecule has 1 unspecified atom stereocenters. The maximum Gasteiger partial charge on any atom is 0.310 e. The second kappa shape index (κ2) is 4.16. The highest BCUT2D eigenvalue weighted by Crippen LogP contribution is 2.18. The summed E-state index contributed by atoms with van der Waals surface area (Å²) in [4.78, 5) is 10.0. The van der Waals surface area contributed by atoms with Crippen molar-refractivity contribution in [1.82, 2.24) is 9.78 Å². The van der Waals surface area contributed by atoms with E-state index < -0.39 is 11.0 Å². The van der Waals surface area contributed by atoms with E-state index in [1.807, 2.05) is 0 Å². The molecule has 0 fully saturated rings. The summed E-state index contributed by atoms with van der Waals surface area (Å²) in [6.07, 6.45) is 0.533. The number of aromatic nitrogens is 2. The lowest BCUT2D eigenvalue weighted by Gasteiger charge is -2.06. The Hall–Kier alpha value is -1.47. The summed E-state index contributed by atoms with van der Waals surface area (Å²) in [7, 11) is 1.59.